The highest BCUT2D eigenvalue weighted by Crippen LogP contribution is 2.24. The number of hydrogen-bond acceptors (Lipinski definition) is 3. The van der Waals surface area contributed by atoms with Gasteiger partial charge in [-0.3, -0.25) is 10.1 Å². The molecular weight excluding hydrogens is 310 g/mol. The van der Waals surface area contributed by atoms with E-state index < -0.39 is 4.92 Å². The van der Waals surface area contributed by atoms with Crippen LogP contribution in [0.1, 0.15) is 5.56 Å². The quantitative estimate of drug-likeness (QED) is 0.428. The van der Waals surface area contributed by atoms with Crippen molar-refractivity contribution < 1.29 is 26.4 Å². The molecule has 0 radical (unpaired) electrons. The SMILES string of the molecule is C[N+](C)(C)Cc1cnc2c([N+](=O)[O-])cccc2c1.[Br-]. The Bertz CT molecular complexity index is 608. The Balaban J connectivity index is 0.00000180. The Morgan fingerprint density at radius 1 is 1.32 bits per heavy atom. The van der Waals surface area contributed by atoms with Gasteiger partial charge in [-0.05, 0) is 6.07 Å². The number of nitro benzene ring substituents is 1. The van der Waals surface area contributed by atoms with Crippen LogP contribution in [0, 0.1) is 10.1 Å². The van der Waals surface area contributed by atoms with Gasteiger partial charge in [0.2, 0.25) is 0 Å². The predicted octanol–water partition coefficient (Wildman–Crippen LogP) is -0.647. The van der Waals surface area contributed by atoms with Crippen LogP contribution in [0.3, 0.4) is 0 Å². The van der Waals surface area contributed by atoms with Crippen LogP contribution in [-0.2, 0) is 6.54 Å². The molecule has 0 fully saturated rings. The highest BCUT2D eigenvalue weighted by atomic mass is 79.9. The molecule has 6 heteroatoms. The summed E-state index contributed by atoms with van der Waals surface area (Å²) in [6, 6.07) is 7.00. The second-order valence-corrected chi connectivity index (χ2v) is 5.40. The van der Waals surface area contributed by atoms with Crippen LogP contribution in [0.4, 0.5) is 5.69 Å². The van der Waals surface area contributed by atoms with Crippen molar-refractivity contribution >= 4 is 16.6 Å². The lowest BCUT2D eigenvalue weighted by molar-refractivity contribution is -0.884. The maximum Gasteiger partial charge on any atom is 0.295 e. The van der Waals surface area contributed by atoms with E-state index in [2.05, 4.69) is 26.1 Å². The number of nitro groups is 1. The van der Waals surface area contributed by atoms with Crippen molar-refractivity contribution in [3.05, 3.63) is 46.1 Å². The molecule has 0 atom stereocenters. The summed E-state index contributed by atoms with van der Waals surface area (Å²) in [5.41, 5.74) is 1.59. The number of fused-ring (bicyclic) bond motifs is 1. The molecule has 0 N–H and O–H groups in total. The lowest BCUT2D eigenvalue weighted by Gasteiger charge is -2.23. The van der Waals surface area contributed by atoms with Crippen LogP contribution in [0.5, 0.6) is 0 Å². The van der Waals surface area contributed by atoms with E-state index in [-0.39, 0.29) is 22.7 Å². The Hall–Kier alpha value is -1.53. The second-order valence-electron chi connectivity index (χ2n) is 5.40. The third-order valence-corrected chi connectivity index (χ3v) is 2.60. The maximum atomic E-state index is 10.9. The molecule has 19 heavy (non-hydrogen) atoms. The van der Waals surface area contributed by atoms with E-state index in [1.165, 1.54) is 6.07 Å². The number of rotatable bonds is 3. The third-order valence-electron chi connectivity index (χ3n) is 2.60. The van der Waals surface area contributed by atoms with Crippen molar-refractivity contribution in [3.8, 4) is 0 Å². The van der Waals surface area contributed by atoms with Crippen molar-refractivity contribution in [1.82, 2.24) is 4.98 Å². The van der Waals surface area contributed by atoms with Gasteiger partial charge in [0, 0.05) is 23.2 Å². The molecule has 0 unspecified atom stereocenters. The summed E-state index contributed by atoms with van der Waals surface area (Å²) in [7, 11) is 6.28. The van der Waals surface area contributed by atoms with E-state index in [1.807, 2.05) is 12.1 Å². The van der Waals surface area contributed by atoms with E-state index in [0.29, 0.717) is 5.52 Å². The number of hydrogen-bond donors (Lipinski definition) is 0. The fourth-order valence-electron chi connectivity index (χ4n) is 1.97. The second kappa shape index (κ2) is 5.63. The van der Waals surface area contributed by atoms with Gasteiger partial charge in [-0.25, -0.2) is 4.98 Å². The highest BCUT2D eigenvalue weighted by Gasteiger charge is 2.14. The predicted molar refractivity (Wildman–Crippen MR) is 70.1 cm³/mol. The van der Waals surface area contributed by atoms with Crippen molar-refractivity contribution in [1.29, 1.82) is 0 Å². The monoisotopic (exact) mass is 325 g/mol. The molecule has 1 aromatic heterocycles. The molecule has 0 bridgehead atoms. The minimum Gasteiger partial charge on any atom is -1.00 e. The van der Waals surface area contributed by atoms with Crippen molar-refractivity contribution in [2.24, 2.45) is 0 Å². The third kappa shape index (κ3) is 3.71. The zero-order valence-electron chi connectivity index (χ0n) is 11.1. The van der Waals surface area contributed by atoms with E-state index in [1.54, 1.807) is 12.3 Å². The van der Waals surface area contributed by atoms with E-state index in [0.717, 1.165) is 22.0 Å². The molecule has 0 aliphatic rings. The van der Waals surface area contributed by atoms with Crippen molar-refractivity contribution in [3.63, 3.8) is 0 Å². The van der Waals surface area contributed by atoms with E-state index in [9.17, 15) is 10.1 Å². The van der Waals surface area contributed by atoms with Crippen molar-refractivity contribution in [2.75, 3.05) is 21.1 Å². The minimum absolute atomic E-state index is 0. The van der Waals surface area contributed by atoms with Gasteiger partial charge in [0.15, 0.2) is 0 Å². The lowest BCUT2D eigenvalue weighted by atomic mass is 10.1. The largest absolute Gasteiger partial charge is 1.00 e. The standard InChI is InChI=1S/C13H16N3O2.BrH/c1-16(2,3)9-10-7-11-5-4-6-12(15(17)18)13(11)14-8-10;/h4-8H,9H2,1-3H3;1H/q+1;/p-1. The molecular formula is C13H16BrN3O2. The van der Waals surface area contributed by atoms with Gasteiger partial charge in [-0.2, -0.15) is 0 Å². The molecule has 0 saturated carbocycles. The van der Waals surface area contributed by atoms with Gasteiger partial charge in [0.1, 0.15) is 12.1 Å². The molecule has 2 rings (SSSR count). The molecule has 1 aromatic carbocycles. The normalized spacial score (nSPS) is 11.1. The number of benzene rings is 1. The van der Waals surface area contributed by atoms with Gasteiger partial charge < -0.3 is 21.5 Å². The maximum absolute atomic E-state index is 10.9. The molecule has 0 aliphatic carbocycles. The molecule has 0 aliphatic heterocycles. The summed E-state index contributed by atoms with van der Waals surface area (Å²) in [6.07, 6.45) is 1.72. The van der Waals surface area contributed by atoms with Gasteiger partial charge in [-0.15, -0.1) is 0 Å². The summed E-state index contributed by atoms with van der Waals surface area (Å²) >= 11 is 0. The average molecular weight is 326 g/mol. The zero-order valence-corrected chi connectivity index (χ0v) is 12.7. The fraction of sp³-hybridized carbons (Fsp3) is 0.308. The first-order valence-corrected chi connectivity index (χ1v) is 5.69. The molecule has 2 aromatic rings. The molecule has 1 heterocycles. The number of halogens is 1. The topological polar surface area (TPSA) is 56.0 Å². The molecule has 0 spiro atoms. The number of pyridine rings is 1. The lowest BCUT2D eigenvalue weighted by Crippen LogP contribution is -3.00. The van der Waals surface area contributed by atoms with E-state index >= 15 is 0 Å². The van der Waals surface area contributed by atoms with Crippen LogP contribution in [0.2, 0.25) is 0 Å². The number of para-hydroxylation sites is 1. The van der Waals surface area contributed by atoms with Crippen LogP contribution in [0.25, 0.3) is 10.9 Å². The Morgan fingerprint density at radius 3 is 2.58 bits per heavy atom. The Kier molecular flexibility index (Phi) is 4.60. The summed E-state index contributed by atoms with van der Waals surface area (Å²) in [6.45, 7) is 0.839. The minimum atomic E-state index is -0.394. The van der Waals surface area contributed by atoms with Gasteiger partial charge in [-0.1, -0.05) is 12.1 Å². The van der Waals surface area contributed by atoms with Crippen LogP contribution >= 0.6 is 0 Å². The number of nitrogens with zero attached hydrogens (tertiary/aromatic N) is 3. The first kappa shape index (κ1) is 15.5. The smallest absolute Gasteiger partial charge is 0.295 e. The Morgan fingerprint density at radius 2 is 2.00 bits per heavy atom. The fourth-order valence-corrected chi connectivity index (χ4v) is 1.97. The summed E-state index contributed by atoms with van der Waals surface area (Å²) < 4.78 is 0.794. The molecule has 0 saturated heterocycles. The number of non-ortho nitro benzene ring substituents is 1. The average Bonchev–Trinajstić information content (AvgIpc) is 2.25. The molecule has 5 nitrogen and oxygen atoms in total. The van der Waals surface area contributed by atoms with Crippen LogP contribution in [0.15, 0.2) is 30.5 Å². The number of quaternary nitrogens is 1. The highest BCUT2D eigenvalue weighted by molar-refractivity contribution is 5.87. The molecule has 102 valence electrons. The summed E-state index contributed by atoms with van der Waals surface area (Å²) in [4.78, 5) is 14.7. The van der Waals surface area contributed by atoms with E-state index in [4.69, 9.17) is 0 Å². The van der Waals surface area contributed by atoms with Crippen molar-refractivity contribution in [2.45, 2.75) is 6.54 Å². The van der Waals surface area contributed by atoms with Gasteiger partial charge in [0.05, 0.1) is 26.1 Å². The summed E-state index contributed by atoms with van der Waals surface area (Å²) in [5, 5.41) is 11.7. The van der Waals surface area contributed by atoms with Crippen LogP contribution in [-0.4, -0.2) is 35.5 Å². The number of aromatic nitrogens is 1. The first-order chi connectivity index (χ1) is 8.37. The Labute approximate surface area is 122 Å². The zero-order chi connectivity index (χ0) is 13.3. The summed E-state index contributed by atoms with van der Waals surface area (Å²) in [5.74, 6) is 0. The molecule has 0 amide bonds. The van der Waals surface area contributed by atoms with Gasteiger partial charge >= 0.3 is 0 Å². The van der Waals surface area contributed by atoms with Gasteiger partial charge in [0.25, 0.3) is 5.69 Å². The van der Waals surface area contributed by atoms with Crippen LogP contribution < -0.4 is 17.0 Å². The first-order valence-electron chi connectivity index (χ1n) is 5.69.